The molecule has 1 aromatic rings. The summed E-state index contributed by atoms with van der Waals surface area (Å²) in [6, 6.07) is 3.45. The van der Waals surface area contributed by atoms with Gasteiger partial charge in [0.2, 0.25) is 10.0 Å². The van der Waals surface area contributed by atoms with Crippen LogP contribution in [0.5, 0.6) is 0 Å². The van der Waals surface area contributed by atoms with Crippen LogP contribution in [0.1, 0.15) is 30.3 Å². The van der Waals surface area contributed by atoms with Crippen molar-refractivity contribution in [1.82, 2.24) is 14.2 Å². The molecule has 6 nitrogen and oxygen atoms in total. The van der Waals surface area contributed by atoms with E-state index in [1.54, 1.807) is 10.6 Å². The Morgan fingerprint density at radius 3 is 2.67 bits per heavy atom. The molecule has 0 unspecified atom stereocenters. The first kappa shape index (κ1) is 16.0. The largest absolute Gasteiger partial charge is 0.347 e. The summed E-state index contributed by atoms with van der Waals surface area (Å²) in [4.78, 5) is 12.3. The minimum atomic E-state index is -3.21. The molecule has 0 bridgehead atoms. The van der Waals surface area contributed by atoms with E-state index in [0.717, 1.165) is 12.8 Å². The zero-order chi connectivity index (χ0) is 15.6. The molecule has 1 aliphatic heterocycles. The molecule has 118 valence electrons. The van der Waals surface area contributed by atoms with Crippen molar-refractivity contribution in [3.8, 4) is 0 Å². The SMILES string of the molecule is CCC[C@@H]1CN(S(C)(=O)=O)C[C@H]1NC(=O)c1cccn1C. The standard InChI is InChI=1S/C14H23N3O3S/c1-4-6-11-9-17(21(3,19)20)10-12(11)15-14(18)13-7-5-8-16(13)2/h5,7-8,11-12H,4,6,9-10H2,1-3H3,(H,15,18)/t11-,12-/m1/s1. The second-order valence-corrected chi connectivity index (χ2v) is 7.70. The molecule has 7 heteroatoms. The Balaban J connectivity index is 2.10. The van der Waals surface area contributed by atoms with Crippen LogP contribution in [0, 0.1) is 5.92 Å². The highest BCUT2D eigenvalue weighted by molar-refractivity contribution is 7.88. The van der Waals surface area contributed by atoms with E-state index < -0.39 is 10.0 Å². The molecule has 0 spiro atoms. The van der Waals surface area contributed by atoms with Gasteiger partial charge in [-0.3, -0.25) is 4.79 Å². The molecule has 1 fully saturated rings. The van der Waals surface area contributed by atoms with Crippen LogP contribution in [-0.2, 0) is 17.1 Å². The molecule has 1 aromatic heterocycles. The lowest BCUT2D eigenvalue weighted by atomic mass is 9.98. The van der Waals surface area contributed by atoms with Gasteiger partial charge in [-0.25, -0.2) is 8.42 Å². The van der Waals surface area contributed by atoms with Crippen LogP contribution < -0.4 is 5.32 Å². The summed E-state index contributed by atoms with van der Waals surface area (Å²) < 4.78 is 26.6. The summed E-state index contributed by atoms with van der Waals surface area (Å²) in [5.74, 6) is 0.0258. The van der Waals surface area contributed by atoms with E-state index in [9.17, 15) is 13.2 Å². The lowest BCUT2D eigenvalue weighted by molar-refractivity contribution is 0.0921. The number of hydrogen-bond donors (Lipinski definition) is 1. The van der Waals surface area contributed by atoms with Gasteiger partial charge in [-0.1, -0.05) is 13.3 Å². The van der Waals surface area contributed by atoms with Gasteiger partial charge in [0.25, 0.3) is 5.91 Å². The number of nitrogens with zero attached hydrogens (tertiary/aromatic N) is 2. The number of aryl methyl sites for hydroxylation is 1. The van der Waals surface area contributed by atoms with Gasteiger partial charge in [0.05, 0.1) is 6.26 Å². The van der Waals surface area contributed by atoms with Crippen LogP contribution in [0.3, 0.4) is 0 Å². The molecule has 21 heavy (non-hydrogen) atoms. The van der Waals surface area contributed by atoms with Gasteiger partial charge in [0.15, 0.2) is 0 Å². The number of rotatable bonds is 5. The van der Waals surface area contributed by atoms with Gasteiger partial charge in [-0.05, 0) is 24.5 Å². The first-order chi connectivity index (χ1) is 9.82. The van der Waals surface area contributed by atoms with Crippen LogP contribution in [0.2, 0.25) is 0 Å². The van der Waals surface area contributed by atoms with Crippen LogP contribution in [-0.4, -0.2) is 48.6 Å². The van der Waals surface area contributed by atoms with Crippen molar-refractivity contribution in [3.05, 3.63) is 24.0 Å². The van der Waals surface area contributed by atoms with Crippen LogP contribution >= 0.6 is 0 Å². The van der Waals surface area contributed by atoms with E-state index in [1.165, 1.54) is 10.6 Å². The third-order valence-electron chi connectivity index (χ3n) is 4.03. The van der Waals surface area contributed by atoms with E-state index in [4.69, 9.17) is 0 Å². The van der Waals surface area contributed by atoms with Gasteiger partial charge in [0.1, 0.15) is 5.69 Å². The highest BCUT2D eigenvalue weighted by Crippen LogP contribution is 2.24. The van der Waals surface area contributed by atoms with E-state index in [2.05, 4.69) is 12.2 Å². The smallest absolute Gasteiger partial charge is 0.268 e. The molecule has 2 atom stereocenters. The zero-order valence-electron chi connectivity index (χ0n) is 12.7. The Labute approximate surface area is 126 Å². The van der Waals surface area contributed by atoms with Crippen molar-refractivity contribution in [1.29, 1.82) is 0 Å². The Morgan fingerprint density at radius 2 is 2.14 bits per heavy atom. The molecular weight excluding hydrogens is 290 g/mol. The number of aromatic nitrogens is 1. The monoisotopic (exact) mass is 313 g/mol. The third-order valence-corrected chi connectivity index (χ3v) is 5.27. The average Bonchev–Trinajstić information content (AvgIpc) is 2.96. The molecule has 2 rings (SSSR count). The first-order valence-corrected chi connectivity index (χ1v) is 9.05. The second-order valence-electron chi connectivity index (χ2n) is 5.71. The van der Waals surface area contributed by atoms with E-state index in [0.29, 0.717) is 18.8 Å². The highest BCUT2D eigenvalue weighted by Gasteiger charge is 2.37. The van der Waals surface area contributed by atoms with Crippen molar-refractivity contribution in [2.45, 2.75) is 25.8 Å². The molecule has 1 N–H and O–H groups in total. The Hall–Kier alpha value is -1.34. The fraction of sp³-hybridized carbons (Fsp3) is 0.643. The zero-order valence-corrected chi connectivity index (χ0v) is 13.6. The fourth-order valence-electron chi connectivity index (χ4n) is 2.87. The van der Waals surface area contributed by atoms with E-state index >= 15 is 0 Å². The van der Waals surface area contributed by atoms with Crippen LogP contribution in [0.15, 0.2) is 18.3 Å². The lowest BCUT2D eigenvalue weighted by Crippen LogP contribution is -2.41. The average molecular weight is 313 g/mol. The summed E-state index contributed by atoms with van der Waals surface area (Å²) in [5, 5.41) is 2.99. The molecule has 1 amide bonds. The maximum Gasteiger partial charge on any atom is 0.268 e. The maximum atomic E-state index is 12.3. The van der Waals surface area contributed by atoms with Gasteiger partial charge in [-0.2, -0.15) is 4.31 Å². The van der Waals surface area contributed by atoms with Gasteiger partial charge < -0.3 is 9.88 Å². The number of amides is 1. The van der Waals surface area contributed by atoms with Crippen molar-refractivity contribution < 1.29 is 13.2 Å². The van der Waals surface area contributed by atoms with Crippen molar-refractivity contribution in [2.24, 2.45) is 13.0 Å². The van der Waals surface area contributed by atoms with Crippen LogP contribution in [0.4, 0.5) is 0 Å². The molecule has 0 radical (unpaired) electrons. The third kappa shape index (κ3) is 3.65. The highest BCUT2D eigenvalue weighted by atomic mass is 32.2. The maximum absolute atomic E-state index is 12.3. The van der Waals surface area contributed by atoms with Crippen LogP contribution in [0.25, 0.3) is 0 Å². The number of carbonyl (C=O) groups excluding carboxylic acids is 1. The van der Waals surface area contributed by atoms with Crippen molar-refractivity contribution >= 4 is 15.9 Å². The predicted octanol–water partition coefficient (Wildman–Crippen LogP) is 0.815. The normalized spacial score (nSPS) is 23.4. The Kier molecular flexibility index (Phi) is 4.73. The topological polar surface area (TPSA) is 71.4 Å². The second kappa shape index (κ2) is 6.19. The Bertz CT molecular complexity index is 609. The van der Waals surface area contributed by atoms with Crippen molar-refractivity contribution in [2.75, 3.05) is 19.3 Å². The number of sulfonamides is 1. The summed E-state index contributed by atoms with van der Waals surface area (Å²) in [7, 11) is -1.39. The van der Waals surface area contributed by atoms with Gasteiger partial charge in [-0.15, -0.1) is 0 Å². The van der Waals surface area contributed by atoms with E-state index in [1.807, 2.05) is 19.3 Å². The molecule has 0 aliphatic carbocycles. The van der Waals surface area contributed by atoms with Gasteiger partial charge in [0, 0.05) is 32.4 Å². The predicted molar refractivity (Wildman–Crippen MR) is 81.5 cm³/mol. The first-order valence-electron chi connectivity index (χ1n) is 7.20. The van der Waals surface area contributed by atoms with Crippen molar-refractivity contribution in [3.63, 3.8) is 0 Å². The molecule has 0 saturated carbocycles. The number of nitrogens with one attached hydrogen (secondary N) is 1. The molecule has 1 saturated heterocycles. The lowest BCUT2D eigenvalue weighted by Gasteiger charge is -2.19. The molecule has 0 aromatic carbocycles. The summed E-state index contributed by atoms with van der Waals surface area (Å²) in [5.41, 5.74) is 0.586. The summed E-state index contributed by atoms with van der Waals surface area (Å²) in [6.45, 7) is 2.92. The number of carbonyl (C=O) groups is 1. The molecule has 2 heterocycles. The quantitative estimate of drug-likeness (QED) is 0.874. The molecule has 1 aliphatic rings. The summed E-state index contributed by atoms with van der Waals surface area (Å²) >= 11 is 0. The fourth-order valence-corrected chi connectivity index (χ4v) is 3.76. The Morgan fingerprint density at radius 1 is 1.43 bits per heavy atom. The summed E-state index contributed by atoms with van der Waals surface area (Å²) in [6.07, 6.45) is 4.91. The van der Waals surface area contributed by atoms with Gasteiger partial charge >= 0.3 is 0 Å². The minimum absolute atomic E-state index is 0.123. The molecular formula is C14H23N3O3S. The number of hydrogen-bond acceptors (Lipinski definition) is 3. The van der Waals surface area contributed by atoms with E-state index in [-0.39, 0.29) is 17.9 Å². The minimum Gasteiger partial charge on any atom is -0.347 e.